The van der Waals surface area contributed by atoms with Crippen LogP contribution >= 0.6 is 0 Å². The van der Waals surface area contributed by atoms with E-state index < -0.39 is 0 Å². The van der Waals surface area contributed by atoms with Gasteiger partial charge in [-0.15, -0.1) is 0 Å². The smallest absolute Gasteiger partial charge is 0.254 e. The number of rotatable bonds is 3. The number of carbonyl (C=O) groups excluding carboxylic acids is 1. The van der Waals surface area contributed by atoms with Crippen molar-refractivity contribution in [2.75, 3.05) is 20.1 Å². The number of likely N-dealkylation sites (tertiary alicyclic amines) is 1. The quantitative estimate of drug-likeness (QED) is 0.777. The molecule has 2 aromatic heterocycles. The molecule has 5 heteroatoms. The lowest BCUT2D eigenvalue weighted by Crippen LogP contribution is -2.47. The predicted octanol–water partition coefficient (Wildman–Crippen LogP) is 3.43. The minimum atomic E-state index is 0.0816. The van der Waals surface area contributed by atoms with Crippen LogP contribution in [0.25, 0.3) is 22.2 Å². The third kappa shape index (κ3) is 3.55. The fourth-order valence-corrected chi connectivity index (χ4v) is 3.75. The highest BCUT2D eigenvalue weighted by atomic mass is 16.2. The van der Waals surface area contributed by atoms with Crippen molar-refractivity contribution in [1.82, 2.24) is 20.2 Å². The van der Waals surface area contributed by atoms with Crippen LogP contribution in [0, 0.1) is 6.92 Å². The summed E-state index contributed by atoms with van der Waals surface area (Å²) in [5.74, 6) is 0.0816. The number of nitrogens with zero attached hydrogens (tertiary/aromatic N) is 3. The molecule has 1 aliphatic rings. The molecule has 1 aromatic carbocycles. The van der Waals surface area contributed by atoms with Crippen LogP contribution in [0.3, 0.4) is 0 Å². The molecule has 0 bridgehead atoms. The molecule has 5 nitrogen and oxygen atoms in total. The van der Waals surface area contributed by atoms with Gasteiger partial charge in [0.2, 0.25) is 0 Å². The first-order chi connectivity index (χ1) is 13.2. The fraction of sp³-hybridized carbons (Fsp3) is 0.318. The van der Waals surface area contributed by atoms with Gasteiger partial charge in [-0.3, -0.25) is 9.78 Å². The van der Waals surface area contributed by atoms with Crippen molar-refractivity contribution in [3.8, 4) is 11.3 Å². The molecular formula is C22H24N4O. The van der Waals surface area contributed by atoms with Crippen LogP contribution in [0.2, 0.25) is 0 Å². The summed E-state index contributed by atoms with van der Waals surface area (Å²) >= 11 is 0. The monoisotopic (exact) mass is 360 g/mol. The maximum Gasteiger partial charge on any atom is 0.254 e. The minimum absolute atomic E-state index is 0.0816. The van der Waals surface area contributed by atoms with Gasteiger partial charge in [0.05, 0.1) is 16.8 Å². The van der Waals surface area contributed by atoms with E-state index in [2.05, 4.69) is 16.4 Å². The van der Waals surface area contributed by atoms with Crippen molar-refractivity contribution >= 4 is 16.8 Å². The Morgan fingerprint density at radius 3 is 2.93 bits per heavy atom. The Bertz CT molecular complexity index is 971. The minimum Gasteiger partial charge on any atom is -0.337 e. The first-order valence-electron chi connectivity index (χ1n) is 9.44. The molecule has 1 aliphatic heterocycles. The SMILES string of the molecule is CNC1CCCN(C(=O)c2cc(-c3cccnc3)nc3ccc(C)cc23)C1. The van der Waals surface area contributed by atoms with Gasteiger partial charge >= 0.3 is 0 Å². The molecule has 1 atom stereocenters. The highest BCUT2D eigenvalue weighted by Gasteiger charge is 2.25. The molecule has 27 heavy (non-hydrogen) atoms. The zero-order valence-corrected chi connectivity index (χ0v) is 15.8. The summed E-state index contributed by atoms with van der Waals surface area (Å²) in [5, 5.41) is 4.23. The molecule has 1 amide bonds. The second-order valence-electron chi connectivity index (χ2n) is 7.20. The number of hydrogen-bond donors (Lipinski definition) is 1. The third-order valence-corrected chi connectivity index (χ3v) is 5.27. The van der Waals surface area contributed by atoms with Crippen molar-refractivity contribution in [2.24, 2.45) is 0 Å². The molecule has 3 aromatic rings. The standard InChI is InChI=1S/C22H24N4O/c1-15-7-8-20-18(11-15)19(12-21(25-20)16-5-3-9-24-13-16)22(27)26-10-4-6-17(14-26)23-2/h3,5,7-9,11-13,17,23H,4,6,10,14H2,1-2H3. The predicted molar refractivity (Wildman–Crippen MR) is 108 cm³/mol. The molecule has 0 saturated carbocycles. The summed E-state index contributed by atoms with van der Waals surface area (Å²) in [6.45, 7) is 3.59. The fourth-order valence-electron chi connectivity index (χ4n) is 3.75. The Hall–Kier alpha value is -2.79. The summed E-state index contributed by atoms with van der Waals surface area (Å²) in [7, 11) is 1.96. The highest BCUT2D eigenvalue weighted by Crippen LogP contribution is 2.27. The van der Waals surface area contributed by atoms with Gasteiger partial charge in [0, 0.05) is 42.5 Å². The lowest BCUT2D eigenvalue weighted by molar-refractivity contribution is 0.0700. The molecule has 3 heterocycles. The molecule has 1 fully saturated rings. The largest absolute Gasteiger partial charge is 0.337 e. The van der Waals surface area contributed by atoms with Crippen LogP contribution < -0.4 is 5.32 Å². The molecule has 0 aliphatic carbocycles. The van der Waals surface area contributed by atoms with Crippen molar-refractivity contribution in [3.05, 3.63) is 59.9 Å². The topological polar surface area (TPSA) is 58.1 Å². The summed E-state index contributed by atoms with van der Waals surface area (Å²) in [6, 6.07) is 12.2. The Morgan fingerprint density at radius 2 is 2.15 bits per heavy atom. The maximum absolute atomic E-state index is 13.4. The van der Waals surface area contributed by atoms with E-state index in [9.17, 15) is 4.79 Å². The summed E-state index contributed by atoms with van der Waals surface area (Å²) in [5.41, 5.74) is 4.39. The molecule has 1 N–H and O–H groups in total. The Balaban J connectivity index is 1.82. The van der Waals surface area contributed by atoms with E-state index in [-0.39, 0.29) is 5.91 Å². The highest BCUT2D eigenvalue weighted by molar-refractivity contribution is 6.07. The zero-order chi connectivity index (χ0) is 18.8. The van der Waals surface area contributed by atoms with E-state index in [4.69, 9.17) is 4.98 Å². The van der Waals surface area contributed by atoms with E-state index in [0.29, 0.717) is 6.04 Å². The molecular weight excluding hydrogens is 336 g/mol. The number of aryl methyl sites for hydroxylation is 1. The molecule has 4 rings (SSSR count). The normalized spacial score (nSPS) is 17.3. The molecule has 0 radical (unpaired) electrons. The van der Waals surface area contributed by atoms with Gasteiger partial charge in [0.1, 0.15) is 0 Å². The van der Waals surface area contributed by atoms with E-state index in [1.807, 2.05) is 49.2 Å². The van der Waals surface area contributed by atoms with Gasteiger partial charge in [-0.1, -0.05) is 11.6 Å². The van der Waals surface area contributed by atoms with Gasteiger partial charge in [0.25, 0.3) is 5.91 Å². The number of pyridine rings is 2. The van der Waals surface area contributed by atoms with Gasteiger partial charge in [-0.25, -0.2) is 4.98 Å². The average Bonchev–Trinajstić information content (AvgIpc) is 2.73. The van der Waals surface area contributed by atoms with Gasteiger partial charge < -0.3 is 10.2 Å². The lowest BCUT2D eigenvalue weighted by atomic mass is 10.00. The number of aromatic nitrogens is 2. The van der Waals surface area contributed by atoms with Crippen molar-refractivity contribution in [2.45, 2.75) is 25.8 Å². The van der Waals surface area contributed by atoms with Crippen molar-refractivity contribution in [1.29, 1.82) is 0 Å². The number of likely N-dealkylation sites (N-methyl/N-ethyl adjacent to an activating group) is 1. The summed E-state index contributed by atoms with van der Waals surface area (Å²) in [6.07, 6.45) is 5.66. The maximum atomic E-state index is 13.4. The second kappa shape index (κ2) is 7.45. The first kappa shape index (κ1) is 17.6. The Labute approximate surface area is 159 Å². The number of piperidine rings is 1. The molecule has 0 spiro atoms. The van der Waals surface area contributed by atoms with Crippen LogP contribution in [0.1, 0.15) is 28.8 Å². The third-order valence-electron chi connectivity index (χ3n) is 5.27. The van der Waals surface area contributed by atoms with Crippen molar-refractivity contribution in [3.63, 3.8) is 0 Å². The molecule has 138 valence electrons. The lowest BCUT2D eigenvalue weighted by Gasteiger charge is -2.33. The zero-order valence-electron chi connectivity index (χ0n) is 15.8. The van der Waals surface area contributed by atoms with E-state index in [0.717, 1.165) is 59.2 Å². The first-order valence-corrected chi connectivity index (χ1v) is 9.44. The molecule has 1 saturated heterocycles. The van der Waals surface area contributed by atoms with Crippen LogP contribution in [0.4, 0.5) is 0 Å². The van der Waals surface area contributed by atoms with Crippen LogP contribution in [0.5, 0.6) is 0 Å². The second-order valence-corrected chi connectivity index (χ2v) is 7.20. The van der Waals surface area contributed by atoms with E-state index >= 15 is 0 Å². The summed E-state index contributed by atoms with van der Waals surface area (Å²) < 4.78 is 0. The number of hydrogen-bond acceptors (Lipinski definition) is 4. The van der Waals surface area contributed by atoms with E-state index in [1.165, 1.54) is 0 Å². The van der Waals surface area contributed by atoms with Crippen LogP contribution in [-0.4, -0.2) is 47.0 Å². The Morgan fingerprint density at radius 1 is 1.26 bits per heavy atom. The summed E-state index contributed by atoms with van der Waals surface area (Å²) in [4.78, 5) is 24.4. The number of nitrogens with one attached hydrogen (secondary N) is 1. The molecule has 1 unspecified atom stereocenters. The Kier molecular flexibility index (Phi) is 4.86. The number of carbonyl (C=O) groups is 1. The van der Waals surface area contributed by atoms with Gasteiger partial charge in [0.15, 0.2) is 0 Å². The van der Waals surface area contributed by atoms with Crippen LogP contribution in [0.15, 0.2) is 48.8 Å². The van der Waals surface area contributed by atoms with Gasteiger partial charge in [-0.2, -0.15) is 0 Å². The van der Waals surface area contributed by atoms with E-state index in [1.54, 1.807) is 12.4 Å². The number of fused-ring (bicyclic) bond motifs is 1. The number of benzene rings is 1. The van der Waals surface area contributed by atoms with Crippen LogP contribution in [-0.2, 0) is 0 Å². The van der Waals surface area contributed by atoms with Crippen molar-refractivity contribution < 1.29 is 4.79 Å². The average molecular weight is 360 g/mol. The number of amides is 1. The van der Waals surface area contributed by atoms with Gasteiger partial charge in [-0.05, 0) is 57.1 Å².